The molecule has 30 heavy (non-hydrogen) atoms. The summed E-state index contributed by atoms with van der Waals surface area (Å²) in [5, 5.41) is 11.9. The number of allylic oxidation sites excluding steroid dienone is 2. The van der Waals surface area contributed by atoms with Crippen LogP contribution in [-0.4, -0.2) is 35.2 Å². The first-order valence-electron chi connectivity index (χ1n) is 11.1. The van der Waals surface area contributed by atoms with Crippen LogP contribution in [0, 0.1) is 11.7 Å². The van der Waals surface area contributed by atoms with Crippen LogP contribution >= 0.6 is 0 Å². The van der Waals surface area contributed by atoms with E-state index in [-0.39, 0.29) is 24.0 Å². The zero-order valence-electron chi connectivity index (χ0n) is 19.6. The van der Waals surface area contributed by atoms with Crippen LogP contribution in [0.2, 0.25) is 0 Å². The summed E-state index contributed by atoms with van der Waals surface area (Å²) in [7, 11) is 1.94. The van der Waals surface area contributed by atoms with Gasteiger partial charge in [0.2, 0.25) is 0 Å². The second-order valence-corrected chi connectivity index (χ2v) is 8.02. The predicted molar refractivity (Wildman–Crippen MR) is 123 cm³/mol. The van der Waals surface area contributed by atoms with Crippen LogP contribution in [0.5, 0.6) is 0 Å². The van der Waals surface area contributed by atoms with Crippen LogP contribution in [0.4, 0.5) is 4.39 Å². The van der Waals surface area contributed by atoms with E-state index in [1.165, 1.54) is 25.0 Å². The molecular weight excluding hydrogens is 379 g/mol. The van der Waals surface area contributed by atoms with E-state index in [2.05, 4.69) is 12.2 Å². The number of nitrogens with zero attached hydrogens (tertiary/aromatic N) is 1. The van der Waals surface area contributed by atoms with Crippen LogP contribution in [-0.2, 0) is 4.79 Å². The first-order chi connectivity index (χ1) is 14.2. The van der Waals surface area contributed by atoms with Crippen molar-refractivity contribution in [2.24, 2.45) is 5.92 Å². The predicted octanol–water partition coefficient (Wildman–Crippen LogP) is 5.49. The Bertz CT molecular complexity index is 722. The van der Waals surface area contributed by atoms with Gasteiger partial charge in [-0.2, -0.15) is 0 Å². The molecular formula is C25H39FN2O2. The number of rotatable bonds is 2. The molecule has 4 nitrogen and oxygen atoms in total. The van der Waals surface area contributed by atoms with Crippen LogP contribution in [0.1, 0.15) is 72.8 Å². The summed E-state index contributed by atoms with van der Waals surface area (Å²) in [6.07, 6.45) is 6.45. The Balaban J connectivity index is 0.000000375. The van der Waals surface area contributed by atoms with Crippen molar-refractivity contribution in [3.05, 3.63) is 53.0 Å². The van der Waals surface area contributed by atoms with Crippen molar-refractivity contribution in [3.8, 4) is 0 Å². The summed E-state index contributed by atoms with van der Waals surface area (Å²) in [6.45, 7) is 12.0. The molecule has 0 aromatic heterocycles. The lowest BCUT2D eigenvalue weighted by Gasteiger charge is -2.34. The van der Waals surface area contributed by atoms with Crippen LogP contribution in [0.3, 0.4) is 0 Å². The van der Waals surface area contributed by atoms with Gasteiger partial charge in [0.05, 0.1) is 12.3 Å². The highest BCUT2D eigenvalue weighted by Crippen LogP contribution is 2.24. The minimum absolute atomic E-state index is 0.0196. The molecule has 168 valence electrons. The smallest absolute Gasteiger partial charge is 0.250 e. The zero-order chi connectivity index (χ0) is 22.8. The zero-order valence-corrected chi connectivity index (χ0v) is 19.6. The number of carbonyl (C=O) groups is 1. The van der Waals surface area contributed by atoms with Gasteiger partial charge in [-0.25, -0.2) is 4.39 Å². The number of amides is 1. The molecule has 0 spiro atoms. The van der Waals surface area contributed by atoms with Gasteiger partial charge in [-0.1, -0.05) is 32.9 Å². The molecule has 1 aliphatic heterocycles. The molecule has 0 radical (unpaired) electrons. The quantitative estimate of drug-likeness (QED) is 0.667. The summed E-state index contributed by atoms with van der Waals surface area (Å²) in [5.74, 6) is 0.562. The molecule has 5 heteroatoms. The van der Waals surface area contributed by atoms with Gasteiger partial charge in [0.25, 0.3) is 5.91 Å². The molecule has 3 rings (SSSR count). The largest absolute Gasteiger partial charge is 0.393 e. The van der Waals surface area contributed by atoms with Gasteiger partial charge in [-0.3, -0.25) is 4.79 Å². The molecule has 2 aliphatic rings. The Morgan fingerprint density at radius 2 is 1.67 bits per heavy atom. The van der Waals surface area contributed by atoms with Crippen LogP contribution in [0.25, 0.3) is 5.57 Å². The Hall–Kier alpha value is -2.14. The Morgan fingerprint density at radius 3 is 2.17 bits per heavy atom. The number of benzene rings is 1. The topological polar surface area (TPSA) is 52.6 Å². The number of aliphatic hydroxyl groups excluding tert-OH is 1. The maximum atomic E-state index is 12.9. The number of nitrogens with one attached hydrogen (secondary N) is 1. The molecule has 2 N–H and O–H groups in total. The fourth-order valence-corrected chi connectivity index (χ4v) is 3.44. The Kier molecular flexibility index (Phi) is 10.8. The molecule has 1 fully saturated rings. The SMILES string of the molecule is CC.CC1=C(/C=C(\C)c2ccc(F)cc2)N(C)C(C)NC1=O.CC1CCC(O)CC1. The van der Waals surface area contributed by atoms with E-state index in [1.807, 2.05) is 52.6 Å². The molecule has 1 aromatic rings. The average molecular weight is 419 g/mol. The van der Waals surface area contributed by atoms with E-state index in [0.717, 1.165) is 35.6 Å². The minimum Gasteiger partial charge on any atom is -0.393 e. The van der Waals surface area contributed by atoms with Crippen molar-refractivity contribution in [1.29, 1.82) is 0 Å². The van der Waals surface area contributed by atoms with Gasteiger partial charge in [-0.15, -0.1) is 0 Å². The number of hydrogen-bond donors (Lipinski definition) is 2. The molecule has 1 saturated carbocycles. The maximum absolute atomic E-state index is 12.9. The number of hydrogen-bond acceptors (Lipinski definition) is 3. The molecule has 1 aliphatic carbocycles. The second kappa shape index (κ2) is 12.5. The van der Waals surface area contributed by atoms with Gasteiger partial charge in [0, 0.05) is 18.3 Å². The summed E-state index contributed by atoms with van der Waals surface area (Å²) in [5.41, 5.74) is 3.52. The number of likely N-dealkylation sites (N-methyl/N-ethyl adjacent to an activating group) is 1. The first-order valence-corrected chi connectivity index (χ1v) is 11.1. The molecule has 1 atom stereocenters. The molecule has 1 heterocycles. The summed E-state index contributed by atoms with van der Waals surface area (Å²) in [6, 6.07) is 6.36. The van der Waals surface area contributed by atoms with E-state index in [1.54, 1.807) is 12.1 Å². The highest BCUT2D eigenvalue weighted by atomic mass is 19.1. The fourth-order valence-electron chi connectivity index (χ4n) is 3.44. The third kappa shape index (κ3) is 7.60. The summed E-state index contributed by atoms with van der Waals surface area (Å²) in [4.78, 5) is 13.9. The Morgan fingerprint density at radius 1 is 1.13 bits per heavy atom. The lowest BCUT2D eigenvalue weighted by atomic mass is 9.89. The van der Waals surface area contributed by atoms with Gasteiger partial charge in [-0.05, 0) is 81.7 Å². The Labute approximate surface area is 181 Å². The highest BCUT2D eigenvalue weighted by Gasteiger charge is 2.24. The standard InChI is InChI=1S/C16H19FN2O.C7H14O.C2H6/c1-10(13-5-7-14(17)8-6-13)9-15-11(2)16(20)18-12(3)19(15)4;1-6-2-4-7(8)5-3-6;1-2/h5-9,12H,1-4H3,(H,18,20);6-8H,2-5H2,1H3;1-2H3/b10-9+;;. The van der Waals surface area contributed by atoms with Crippen molar-refractivity contribution in [3.63, 3.8) is 0 Å². The second-order valence-electron chi connectivity index (χ2n) is 8.02. The first kappa shape index (κ1) is 25.9. The summed E-state index contributed by atoms with van der Waals surface area (Å²) < 4.78 is 12.9. The van der Waals surface area contributed by atoms with E-state index >= 15 is 0 Å². The van der Waals surface area contributed by atoms with Gasteiger partial charge >= 0.3 is 0 Å². The molecule has 1 unspecified atom stereocenters. The van der Waals surface area contributed by atoms with E-state index in [0.29, 0.717) is 5.57 Å². The van der Waals surface area contributed by atoms with E-state index in [4.69, 9.17) is 5.11 Å². The van der Waals surface area contributed by atoms with Crippen LogP contribution in [0.15, 0.2) is 41.6 Å². The monoisotopic (exact) mass is 418 g/mol. The summed E-state index contributed by atoms with van der Waals surface area (Å²) >= 11 is 0. The molecule has 1 amide bonds. The lowest BCUT2D eigenvalue weighted by Crippen LogP contribution is -2.48. The van der Waals surface area contributed by atoms with Crippen molar-refractivity contribution in [2.75, 3.05) is 7.05 Å². The number of halogens is 1. The lowest BCUT2D eigenvalue weighted by molar-refractivity contribution is -0.119. The fraction of sp³-hybridized carbons (Fsp3) is 0.560. The minimum atomic E-state index is -0.250. The van der Waals surface area contributed by atoms with Crippen molar-refractivity contribution in [1.82, 2.24) is 10.2 Å². The van der Waals surface area contributed by atoms with E-state index in [9.17, 15) is 9.18 Å². The van der Waals surface area contributed by atoms with Crippen LogP contribution < -0.4 is 5.32 Å². The number of carbonyl (C=O) groups excluding carboxylic acids is 1. The molecule has 0 saturated heterocycles. The van der Waals surface area contributed by atoms with Crippen molar-refractivity contribution in [2.45, 2.75) is 79.5 Å². The molecule has 1 aromatic carbocycles. The normalized spacial score (nSPS) is 24.3. The van der Waals surface area contributed by atoms with Gasteiger partial charge in [0.15, 0.2) is 0 Å². The third-order valence-corrected chi connectivity index (χ3v) is 5.66. The maximum Gasteiger partial charge on any atom is 0.250 e. The molecule has 0 bridgehead atoms. The van der Waals surface area contributed by atoms with Gasteiger partial charge < -0.3 is 15.3 Å². The van der Waals surface area contributed by atoms with E-state index < -0.39 is 0 Å². The highest BCUT2D eigenvalue weighted by molar-refractivity contribution is 5.95. The average Bonchev–Trinajstić information content (AvgIpc) is 2.74. The van der Waals surface area contributed by atoms with Crippen molar-refractivity contribution >= 4 is 11.5 Å². The van der Waals surface area contributed by atoms with Gasteiger partial charge in [0.1, 0.15) is 5.82 Å². The number of aliphatic hydroxyl groups is 1. The van der Waals surface area contributed by atoms with Crippen molar-refractivity contribution < 1.29 is 14.3 Å². The third-order valence-electron chi connectivity index (χ3n) is 5.66.